The second kappa shape index (κ2) is 14.6. The summed E-state index contributed by atoms with van der Waals surface area (Å²) in [6.45, 7) is 17.4. The number of aldehydes is 1. The molecule has 1 saturated heterocycles. The number of hydrogen-bond acceptors (Lipinski definition) is 12. The molecule has 0 spiro atoms. The van der Waals surface area contributed by atoms with E-state index in [1.165, 1.54) is 12.1 Å². The van der Waals surface area contributed by atoms with Gasteiger partial charge in [-0.3, -0.25) is 19.2 Å². The maximum absolute atomic E-state index is 12.9. The van der Waals surface area contributed by atoms with Gasteiger partial charge in [-0.25, -0.2) is 4.79 Å². The van der Waals surface area contributed by atoms with Crippen molar-refractivity contribution >= 4 is 38.5 Å². The maximum Gasteiger partial charge on any atom is 0.339 e. The Balaban J connectivity index is 2.49. The Morgan fingerprint density at radius 2 is 1.52 bits per heavy atom. The number of hydrogen-bond donors (Lipinski definition) is 0. The average molecular weight is 609 g/mol. The Morgan fingerprint density at radius 3 is 2.05 bits per heavy atom. The van der Waals surface area contributed by atoms with Crippen molar-refractivity contribution in [2.75, 3.05) is 6.61 Å². The van der Waals surface area contributed by atoms with Crippen LogP contribution >= 0.6 is 0 Å². The Labute approximate surface area is 246 Å². The largest absolute Gasteiger partial charge is 0.460 e. The van der Waals surface area contributed by atoms with E-state index < -0.39 is 62.9 Å². The average Bonchev–Trinajstić information content (AvgIpc) is 2.88. The normalized spacial score (nSPS) is 22.3. The molecule has 1 aromatic rings. The minimum absolute atomic E-state index is 0.0145. The summed E-state index contributed by atoms with van der Waals surface area (Å²) in [6.07, 6.45) is -5.99. The lowest BCUT2D eigenvalue weighted by atomic mass is 9.97. The zero-order valence-electron chi connectivity index (χ0n) is 25.3. The summed E-state index contributed by atoms with van der Waals surface area (Å²) >= 11 is 0. The van der Waals surface area contributed by atoms with Crippen LogP contribution in [0.15, 0.2) is 30.9 Å². The second-order valence-corrected chi connectivity index (χ2v) is 16.0. The van der Waals surface area contributed by atoms with Crippen molar-refractivity contribution < 1.29 is 56.8 Å². The standard InChI is InChI=1S/C29H40O12Si/c1-10-13-35-27(34)25-23(37-17(2)31)24(38-18(3)32)26(39-19(4)33)28(41-25)40-22-12-11-20(14-21(22)15-30)16-36-42(8,9)29(5,6)7/h10-12,14-15,23-26,28H,1,13,16H2,2-9H3/t23-,24-,25-,26+,28+/m0/s1. The highest BCUT2D eigenvalue weighted by molar-refractivity contribution is 6.74. The summed E-state index contributed by atoms with van der Waals surface area (Å²) in [7, 11) is -2.07. The van der Waals surface area contributed by atoms with Crippen LogP contribution in [0.3, 0.4) is 0 Å². The van der Waals surface area contributed by atoms with Gasteiger partial charge < -0.3 is 32.8 Å². The molecule has 0 unspecified atom stereocenters. The molecule has 1 aliphatic heterocycles. The van der Waals surface area contributed by atoms with Crippen LogP contribution in [0.2, 0.25) is 18.1 Å². The fourth-order valence-corrected chi connectivity index (χ4v) is 4.73. The lowest BCUT2D eigenvalue weighted by molar-refractivity contribution is -0.282. The van der Waals surface area contributed by atoms with E-state index in [-0.39, 0.29) is 29.6 Å². The molecule has 0 radical (unpaired) electrons. The van der Waals surface area contributed by atoms with Crippen LogP contribution in [0, 0.1) is 0 Å². The minimum atomic E-state index is -2.07. The molecule has 232 valence electrons. The SMILES string of the molecule is C=CCOC(=O)[C@H]1O[C@@H](Oc2ccc(CO[Si](C)(C)C(C)(C)C)cc2C=O)[C@H](OC(C)=O)[C@@H](OC(C)=O)[C@@H]1OC(C)=O. The van der Waals surface area contributed by atoms with E-state index in [1.807, 2.05) is 0 Å². The van der Waals surface area contributed by atoms with Gasteiger partial charge in [-0.15, -0.1) is 0 Å². The second-order valence-electron chi connectivity index (χ2n) is 11.2. The lowest BCUT2D eigenvalue weighted by Crippen LogP contribution is -2.64. The van der Waals surface area contributed by atoms with Crippen LogP contribution in [-0.4, -0.2) is 75.8 Å². The number of esters is 4. The van der Waals surface area contributed by atoms with E-state index in [4.69, 9.17) is 32.8 Å². The Hall–Kier alpha value is -3.55. The van der Waals surface area contributed by atoms with Crippen molar-refractivity contribution in [1.29, 1.82) is 0 Å². The first-order valence-corrected chi connectivity index (χ1v) is 16.2. The summed E-state index contributed by atoms with van der Waals surface area (Å²) in [5, 5.41) is -0.0145. The number of carbonyl (C=O) groups is 5. The van der Waals surface area contributed by atoms with Gasteiger partial charge in [-0.2, -0.15) is 0 Å². The third-order valence-corrected chi connectivity index (χ3v) is 11.3. The highest BCUT2D eigenvalue weighted by atomic mass is 28.4. The number of ether oxygens (including phenoxy) is 6. The Bertz CT molecular complexity index is 1170. The molecule has 0 bridgehead atoms. The fourth-order valence-electron chi connectivity index (χ4n) is 3.77. The highest BCUT2D eigenvalue weighted by Crippen LogP contribution is 2.37. The van der Waals surface area contributed by atoms with Crippen molar-refractivity contribution in [2.24, 2.45) is 0 Å². The molecule has 5 atom stereocenters. The molecule has 0 N–H and O–H groups in total. The predicted octanol–water partition coefficient (Wildman–Crippen LogP) is 3.65. The third kappa shape index (κ3) is 9.23. The monoisotopic (exact) mass is 608 g/mol. The topological polar surface area (TPSA) is 150 Å². The van der Waals surface area contributed by atoms with Crippen LogP contribution in [0.25, 0.3) is 0 Å². The van der Waals surface area contributed by atoms with Crippen molar-refractivity contribution in [3.05, 3.63) is 42.0 Å². The van der Waals surface area contributed by atoms with Gasteiger partial charge >= 0.3 is 23.9 Å². The number of benzene rings is 1. The summed E-state index contributed by atoms with van der Waals surface area (Å²) in [4.78, 5) is 61.1. The molecule has 13 heteroatoms. The first-order chi connectivity index (χ1) is 19.5. The van der Waals surface area contributed by atoms with Crippen LogP contribution in [0.1, 0.15) is 57.5 Å². The molecule has 0 aromatic heterocycles. The van der Waals surface area contributed by atoms with E-state index in [9.17, 15) is 24.0 Å². The van der Waals surface area contributed by atoms with Crippen molar-refractivity contribution in [3.63, 3.8) is 0 Å². The summed E-state index contributed by atoms with van der Waals surface area (Å²) in [5.41, 5.74) is 0.836. The fraction of sp³-hybridized carbons (Fsp3) is 0.552. The van der Waals surface area contributed by atoms with Crippen molar-refractivity contribution in [3.8, 4) is 5.75 Å². The Kier molecular flexibility index (Phi) is 12.0. The Morgan fingerprint density at radius 1 is 0.952 bits per heavy atom. The van der Waals surface area contributed by atoms with Crippen LogP contribution in [-0.2, 0) is 53.9 Å². The van der Waals surface area contributed by atoms with Crippen molar-refractivity contribution in [1.82, 2.24) is 0 Å². The van der Waals surface area contributed by atoms with E-state index in [0.29, 0.717) is 11.8 Å². The van der Waals surface area contributed by atoms with Gasteiger partial charge in [0.15, 0.2) is 32.9 Å². The highest BCUT2D eigenvalue weighted by Gasteiger charge is 2.56. The van der Waals surface area contributed by atoms with E-state index in [2.05, 4.69) is 40.4 Å². The molecule has 1 aliphatic rings. The summed E-state index contributed by atoms with van der Waals surface area (Å²) in [5.74, 6) is -3.43. The molecule has 1 aromatic carbocycles. The molecule has 1 heterocycles. The number of rotatable bonds is 12. The summed E-state index contributed by atoms with van der Waals surface area (Å²) in [6, 6.07) is 4.78. The van der Waals surface area contributed by atoms with Gasteiger partial charge in [0.25, 0.3) is 0 Å². The third-order valence-electron chi connectivity index (χ3n) is 6.83. The van der Waals surface area contributed by atoms with Gasteiger partial charge in [0.05, 0.1) is 12.2 Å². The lowest BCUT2D eigenvalue weighted by Gasteiger charge is -2.43. The van der Waals surface area contributed by atoms with E-state index >= 15 is 0 Å². The van der Waals surface area contributed by atoms with Crippen LogP contribution < -0.4 is 4.74 Å². The predicted molar refractivity (Wildman–Crippen MR) is 151 cm³/mol. The molecule has 0 saturated carbocycles. The molecule has 42 heavy (non-hydrogen) atoms. The molecule has 0 aliphatic carbocycles. The minimum Gasteiger partial charge on any atom is -0.460 e. The van der Waals surface area contributed by atoms with Crippen LogP contribution in [0.5, 0.6) is 5.75 Å². The zero-order valence-corrected chi connectivity index (χ0v) is 26.3. The molecular weight excluding hydrogens is 568 g/mol. The van der Waals surface area contributed by atoms with Gasteiger partial charge in [-0.05, 0) is 35.8 Å². The zero-order chi connectivity index (χ0) is 31.8. The number of carbonyl (C=O) groups excluding carboxylic acids is 5. The smallest absolute Gasteiger partial charge is 0.339 e. The molecule has 2 rings (SSSR count). The van der Waals surface area contributed by atoms with Gasteiger partial charge in [0, 0.05) is 20.8 Å². The maximum atomic E-state index is 12.9. The first-order valence-electron chi connectivity index (χ1n) is 13.3. The molecule has 0 amide bonds. The van der Waals surface area contributed by atoms with Crippen molar-refractivity contribution in [2.45, 2.75) is 97.0 Å². The van der Waals surface area contributed by atoms with Gasteiger partial charge in [0.1, 0.15) is 12.4 Å². The van der Waals surface area contributed by atoms with Gasteiger partial charge in [-0.1, -0.05) is 39.5 Å². The van der Waals surface area contributed by atoms with E-state index in [1.54, 1.807) is 12.1 Å². The van der Waals surface area contributed by atoms with Gasteiger partial charge in [0.2, 0.25) is 12.4 Å². The quantitative estimate of drug-likeness (QED) is 0.112. The van der Waals surface area contributed by atoms with E-state index in [0.717, 1.165) is 20.8 Å². The van der Waals surface area contributed by atoms with Crippen LogP contribution in [0.4, 0.5) is 0 Å². The first kappa shape index (κ1) is 34.6. The molecule has 12 nitrogen and oxygen atoms in total. The molecule has 1 fully saturated rings. The molecular formula is C29H40O12Si. The summed E-state index contributed by atoms with van der Waals surface area (Å²) < 4.78 is 39.2.